The first kappa shape index (κ1) is 29.7. The van der Waals surface area contributed by atoms with Gasteiger partial charge in [-0.2, -0.15) is 0 Å². The van der Waals surface area contributed by atoms with E-state index in [0.29, 0.717) is 12.2 Å². The molecule has 1 fully saturated rings. The number of aliphatic hydroxyl groups is 1. The third-order valence-corrected chi connectivity index (χ3v) is 8.67. The molecule has 39 heavy (non-hydrogen) atoms. The molecule has 1 aliphatic heterocycles. The molecule has 0 bridgehead atoms. The molecule has 5 heteroatoms. The summed E-state index contributed by atoms with van der Waals surface area (Å²) in [6, 6.07) is 7.62. The Hall–Kier alpha value is -2.24. The van der Waals surface area contributed by atoms with E-state index in [9.17, 15) is 9.90 Å². The molecule has 214 valence electrons. The minimum absolute atomic E-state index is 0.0204. The zero-order valence-corrected chi connectivity index (χ0v) is 25.4. The molecule has 5 rings (SSSR count). The number of ether oxygens (including phenoxy) is 2. The van der Waals surface area contributed by atoms with Gasteiger partial charge in [0.25, 0.3) is 0 Å². The van der Waals surface area contributed by atoms with Gasteiger partial charge in [-0.25, -0.2) is 4.79 Å². The zero-order chi connectivity index (χ0) is 28.5. The van der Waals surface area contributed by atoms with Crippen LogP contribution in [0.1, 0.15) is 156 Å². The number of hydrogen-bond donors (Lipinski definition) is 1. The minimum Gasteiger partial charge on any atom is -0.462 e. The number of hydrogen-bond acceptors (Lipinski definition) is 5. The predicted octanol–water partition coefficient (Wildman–Crippen LogP) is 8.33. The van der Waals surface area contributed by atoms with Crippen LogP contribution in [0.5, 0.6) is 0 Å². The Labute approximate surface area is 235 Å². The van der Waals surface area contributed by atoms with Gasteiger partial charge < -0.3 is 14.6 Å². The lowest BCUT2D eigenvalue weighted by Crippen LogP contribution is -2.32. The number of carbonyl (C=O) groups excluding carboxylic acids is 1. The van der Waals surface area contributed by atoms with Crippen LogP contribution < -0.4 is 0 Å². The molecular formula is C34H49NO4. The SMILES string of the molecule is CCC(C)C.CCOC(=O)c1ccc(C2OC3(CCCC3)c3c4c(nc(C(C)C)c32)CC(C)(C)CC4O)cc1. The molecule has 0 saturated heterocycles. The maximum Gasteiger partial charge on any atom is 0.338 e. The number of fused-ring (bicyclic) bond motifs is 4. The fraction of sp³-hybridized carbons (Fsp3) is 0.647. The monoisotopic (exact) mass is 535 g/mol. The van der Waals surface area contributed by atoms with E-state index in [1.54, 1.807) is 0 Å². The third-order valence-electron chi connectivity index (χ3n) is 8.67. The van der Waals surface area contributed by atoms with Crippen molar-refractivity contribution in [3.63, 3.8) is 0 Å². The van der Waals surface area contributed by atoms with Gasteiger partial charge in [-0.15, -0.1) is 0 Å². The molecule has 0 amide bonds. The lowest BCUT2D eigenvalue weighted by atomic mass is 9.70. The Bertz CT molecular complexity index is 1160. The highest BCUT2D eigenvalue weighted by molar-refractivity contribution is 5.89. The van der Waals surface area contributed by atoms with Crippen molar-refractivity contribution >= 4 is 5.97 Å². The smallest absolute Gasteiger partial charge is 0.338 e. The van der Waals surface area contributed by atoms with Gasteiger partial charge in [0.15, 0.2) is 0 Å². The van der Waals surface area contributed by atoms with E-state index in [-0.39, 0.29) is 29.0 Å². The summed E-state index contributed by atoms with van der Waals surface area (Å²) >= 11 is 0. The van der Waals surface area contributed by atoms with Crippen molar-refractivity contribution in [1.29, 1.82) is 0 Å². The number of carbonyl (C=O) groups is 1. The number of aliphatic hydroxyl groups excluding tert-OH is 1. The van der Waals surface area contributed by atoms with Crippen LogP contribution in [0.15, 0.2) is 24.3 Å². The van der Waals surface area contributed by atoms with Gasteiger partial charge in [0, 0.05) is 22.5 Å². The lowest BCUT2D eigenvalue weighted by Gasteiger charge is -2.38. The lowest BCUT2D eigenvalue weighted by molar-refractivity contribution is -0.0580. The van der Waals surface area contributed by atoms with Gasteiger partial charge in [0.2, 0.25) is 0 Å². The molecule has 1 aromatic carbocycles. The summed E-state index contributed by atoms with van der Waals surface area (Å²) in [4.78, 5) is 17.4. The molecule has 2 aliphatic carbocycles. The van der Waals surface area contributed by atoms with Crippen molar-refractivity contribution in [2.24, 2.45) is 11.3 Å². The van der Waals surface area contributed by atoms with Gasteiger partial charge in [-0.3, -0.25) is 4.98 Å². The summed E-state index contributed by atoms with van der Waals surface area (Å²) in [7, 11) is 0. The van der Waals surface area contributed by atoms with E-state index >= 15 is 0 Å². The maximum atomic E-state index is 12.2. The Morgan fingerprint density at radius 3 is 2.23 bits per heavy atom. The molecule has 2 atom stereocenters. The van der Waals surface area contributed by atoms with E-state index < -0.39 is 6.10 Å². The van der Waals surface area contributed by atoms with Crippen LogP contribution in [0.4, 0.5) is 0 Å². The molecule has 2 unspecified atom stereocenters. The Kier molecular flexibility index (Phi) is 8.92. The summed E-state index contributed by atoms with van der Waals surface area (Å²) in [6.07, 6.45) is 6.36. The molecular weight excluding hydrogens is 486 g/mol. The largest absolute Gasteiger partial charge is 0.462 e. The van der Waals surface area contributed by atoms with Crippen LogP contribution in [0, 0.1) is 11.3 Å². The highest BCUT2D eigenvalue weighted by Gasteiger charge is 2.52. The number of aromatic nitrogens is 1. The standard InChI is InChI=1S/C29H37NO4.C5H12/c1-6-33-27(32)19-11-9-18(10-12-19)26-23-24(29(34-26)13-7-8-14-29)22-20(30-25(23)17(2)3)15-28(4,5)16-21(22)31;1-4-5(2)3/h9-12,17,21,26,31H,6-8,13-16H2,1-5H3;5H,4H2,1-3H3. The predicted molar refractivity (Wildman–Crippen MR) is 156 cm³/mol. The van der Waals surface area contributed by atoms with Gasteiger partial charge in [0.1, 0.15) is 6.10 Å². The van der Waals surface area contributed by atoms with Crippen LogP contribution in [0.25, 0.3) is 0 Å². The second-order valence-electron chi connectivity index (χ2n) is 13.2. The van der Waals surface area contributed by atoms with E-state index in [1.807, 2.05) is 31.2 Å². The second-order valence-corrected chi connectivity index (χ2v) is 13.2. The number of esters is 1. The van der Waals surface area contributed by atoms with Gasteiger partial charge in [-0.1, -0.05) is 79.9 Å². The molecule has 3 aliphatic rings. The average Bonchev–Trinajstić information content (AvgIpc) is 3.48. The number of benzene rings is 1. The number of rotatable bonds is 5. The van der Waals surface area contributed by atoms with Crippen LogP contribution in [-0.2, 0) is 21.5 Å². The van der Waals surface area contributed by atoms with Crippen molar-refractivity contribution in [3.8, 4) is 0 Å². The maximum absolute atomic E-state index is 12.2. The van der Waals surface area contributed by atoms with E-state index in [0.717, 1.165) is 72.5 Å². The summed E-state index contributed by atoms with van der Waals surface area (Å²) in [5.74, 6) is 0.816. The fourth-order valence-corrected chi connectivity index (χ4v) is 6.42. The summed E-state index contributed by atoms with van der Waals surface area (Å²) in [5.41, 5.74) is 6.77. The second kappa shape index (κ2) is 11.7. The van der Waals surface area contributed by atoms with Crippen molar-refractivity contribution in [2.75, 3.05) is 6.61 Å². The number of nitrogens with zero attached hydrogens (tertiary/aromatic N) is 1. The van der Waals surface area contributed by atoms with Crippen molar-refractivity contribution in [2.45, 2.75) is 124 Å². The molecule has 1 spiro atoms. The van der Waals surface area contributed by atoms with Crippen LogP contribution >= 0.6 is 0 Å². The highest BCUT2D eigenvalue weighted by Crippen LogP contribution is 2.59. The molecule has 1 saturated carbocycles. The molecule has 1 N–H and O–H groups in total. The van der Waals surface area contributed by atoms with Crippen molar-refractivity contribution in [3.05, 3.63) is 63.5 Å². The van der Waals surface area contributed by atoms with Crippen LogP contribution in [-0.4, -0.2) is 22.7 Å². The van der Waals surface area contributed by atoms with Gasteiger partial charge in [-0.05, 0) is 73.1 Å². The molecule has 0 radical (unpaired) electrons. The zero-order valence-electron chi connectivity index (χ0n) is 25.4. The average molecular weight is 536 g/mol. The van der Waals surface area contributed by atoms with Gasteiger partial charge >= 0.3 is 5.97 Å². The third kappa shape index (κ3) is 5.95. The first-order valence-corrected chi connectivity index (χ1v) is 15.1. The van der Waals surface area contributed by atoms with E-state index in [1.165, 1.54) is 12.0 Å². The van der Waals surface area contributed by atoms with E-state index in [2.05, 4.69) is 48.5 Å². The van der Waals surface area contributed by atoms with Crippen LogP contribution in [0.3, 0.4) is 0 Å². The quantitative estimate of drug-likeness (QED) is 0.390. The first-order valence-electron chi connectivity index (χ1n) is 15.1. The topological polar surface area (TPSA) is 68.7 Å². The van der Waals surface area contributed by atoms with E-state index in [4.69, 9.17) is 14.5 Å². The van der Waals surface area contributed by atoms with Crippen molar-refractivity contribution in [1.82, 2.24) is 4.98 Å². The summed E-state index contributed by atoms with van der Waals surface area (Å²) in [6.45, 7) is 17.6. The number of pyridine rings is 1. The Balaban J connectivity index is 0.000000648. The van der Waals surface area contributed by atoms with Crippen molar-refractivity contribution < 1.29 is 19.4 Å². The van der Waals surface area contributed by atoms with Crippen LogP contribution in [0.2, 0.25) is 0 Å². The molecule has 2 heterocycles. The first-order chi connectivity index (χ1) is 18.4. The highest BCUT2D eigenvalue weighted by atomic mass is 16.5. The Morgan fingerprint density at radius 2 is 1.69 bits per heavy atom. The molecule has 5 nitrogen and oxygen atoms in total. The molecule has 1 aromatic heterocycles. The summed E-state index contributed by atoms with van der Waals surface area (Å²) < 4.78 is 12.2. The molecule has 2 aromatic rings. The van der Waals surface area contributed by atoms with Gasteiger partial charge in [0.05, 0.1) is 23.9 Å². The summed E-state index contributed by atoms with van der Waals surface area (Å²) in [5, 5.41) is 11.4. The minimum atomic E-state index is -0.521. The Morgan fingerprint density at radius 1 is 1.08 bits per heavy atom. The fourth-order valence-electron chi connectivity index (χ4n) is 6.42. The normalized spacial score (nSPS) is 22.4.